The van der Waals surface area contributed by atoms with E-state index in [4.69, 9.17) is 5.73 Å². The summed E-state index contributed by atoms with van der Waals surface area (Å²) in [5.74, 6) is 0. The van der Waals surface area contributed by atoms with Crippen LogP contribution in [0.2, 0.25) is 0 Å². The lowest BCUT2D eigenvalue weighted by Crippen LogP contribution is -2.05. The van der Waals surface area contributed by atoms with Crippen LogP contribution in [0.15, 0.2) is 30.5 Å². The summed E-state index contributed by atoms with van der Waals surface area (Å²) in [6, 6.07) is 6.68. The number of benzene rings is 1. The Bertz CT molecular complexity index is 562. The second kappa shape index (κ2) is 4.34. The molecule has 0 unspecified atom stereocenters. The van der Waals surface area contributed by atoms with Crippen LogP contribution < -0.4 is 5.73 Å². The highest BCUT2D eigenvalue weighted by Gasteiger charge is 2.17. The van der Waals surface area contributed by atoms with Gasteiger partial charge in [-0.2, -0.15) is 5.10 Å². The smallest absolute Gasteiger partial charge is 0.295 e. The van der Waals surface area contributed by atoms with Crippen molar-refractivity contribution in [3.8, 4) is 5.69 Å². The number of aryl methyl sites for hydroxylation is 1. The molecule has 1 aromatic carbocycles. The summed E-state index contributed by atoms with van der Waals surface area (Å²) in [7, 11) is 0. The minimum Gasteiger partial charge on any atom is -0.325 e. The van der Waals surface area contributed by atoms with Crippen molar-refractivity contribution in [2.45, 2.75) is 13.5 Å². The SMILES string of the molecule is Cc1cccc([N+](=O)[O-])c1-n1ccc(CN)n1. The Morgan fingerprint density at radius 2 is 2.24 bits per heavy atom. The first-order valence-corrected chi connectivity index (χ1v) is 5.12. The highest BCUT2D eigenvalue weighted by molar-refractivity contribution is 5.56. The number of hydrogen-bond acceptors (Lipinski definition) is 4. The number of nitrogens with two attached hydrogens (primary N) is 1. The molecule has 0 saturated carbocycles. The maximum absolute atomic E-state index is 11.0. The largest absolute Gasteiger partial charge is 0.325 e. The number of nitro groups is 1. The van der Waals surface area contributed by atoms with Gasteiger partial charge in [-0.05, 0) is 18.6 Å². The van der Waals surface area contributed by atoms with Crippen molar-refractivity contribution in [3.05, 3.63) is 51.8 Å². The molecular formula is C11H12N4O2. The molecule has 0 bridgehead atoms. The van der Waals surface area contributed by atoms with Gasteiger partial charge in [0.05, 0.1) is 10.6 Å². The van der Waals surface area contributed by atoms with E-state index in [0.29, 0.717) is 17.9 Å². The number of nitro benzene ring substituents is 1. The van der Waals surface area contributed by atoms with Gasteiger partial charge in [0.2, 0.25) is 0 Å². The van der Waals surface area contributed by atoms with Gasteiger partial charge in [0.15, 0.2) is 0 Å². The minimum absolute atomic E-state index is 0.0386. The monoisotopic (exact) mass is 232 g/mol. The maximum Gasteiger partial charge on any atom is 0.295 e. The molecule has 2 aromatic rings. The molecule has 0 aliphatic rings. The van der Waals surface area contributed by atoms with Gasteiger partial charge >= 0.3 is 0 Å². The zero-order chi connectivity index (χ0) is 12.4. The first kappa shape index (κ1) is 11.3. The molecule has 88 valence electrons. The molecular weight excluding hydrogens is 220 g/mol. The van der Waals surface area contributed by atoms with E-state index in [1.54, 1.807) is 18.3 Å². The van der Waals surface area contributed by atoms with E-state index in [0.717, 1.165) is 5.56 Å². The summed E-state index contributed by atoms with van der Waals surface area (Å²) in [4.78, 5) is 10.6. The van der Waals surface area contributed by atoms with Crippen molar-refractivity contribution >= 4 is 5.69 Å². The second-order valence-corrected chi connectivity index (χ2v) is 3.66. The van der Waals surface area contributed by atoms with Crippen LogP contribution in [-0.4, -0.2) is 14.7 Å². The molecule has 6 nitrogen and oxygen atoms in total. The highest BCUT2D eigenvalue weighted by atomic mass is 16.6. The van der Waals surface area contributed by atoms with Crippen molar-refractivity contribution in [2.75, 3.05) is 0 Å². The van der Waals surface area contributed by atoms with Gasteiger partial charge in [-0.3, -0.25) is 10.1 Å². The fraction of sp³-hybridized carbons (Fsp3) is 0.182. The van der Waals surface area contributed by atoms with Crippen LogP contribution >= 0.6 is 0 Å². The van der Waals surface area contributed by atoms with E-state index in [1.807, 2.05) is 13.0 Å². The van der Waals surface area contributed by atoms with Crippen LogP contribution in [0.1, 0.15) is 11.3 Å². The summed E-state index contributed by atoms with van der Waals surface area (Å²) < 4.78 is 1.50. The fourth-order valence-electron chi connectivity index (χ4n) is 1.68. The van der Waals surface area contributed by atoms with Crippen molar-refractivity contribution in [3.63, 3.8) is 0 Å². The second-order valence-electron chi connectivity index (χ2n) is 3.66. The topological polar surface area (TPSA) is 87.0 Å². The third kappa shape index (κ3) is 2.02. The van der Waals surface area contributed by atoms with Crippen LogP contribution in [-0.2, 0) is 6.54 Å². The molecule has 2 N–H and O–H groups in total. The number of hydrogen-bond donors (Lipinski definition) is 1. The van der Waals surface area contributed by atoms with Gasteiger partial charge in [0.25, 0.3) is 5.69 Å². The summed E-state index contributed by atoms with van der Waals surface area (Å²) in [6.07, 6.45) is 1.68. The zero-order valence-corrected chi connectivity index (χ0v) is 9.33. The van der Waals surface area contributed by atoms with E-state index >= 15 is 0 Å². The van der Waals surface area contributed by atoms with Gasteiger partial charge in [-0.1, -0.05) is 12.1 Å². The Labute approximate surface area is 97.8 Å². The average Bonchev–Trinajstić information content (AvgIpc) is 2.76. The summed E-state index contributed by atoms with van der Waals surface area (Å²) in [6.45, 7) is 2.12. The molecule has 0 radical (unpaired) electrons. The minimum atomic E-state index is -0.411. The third-order valence-electron chi connectivity index (χ3n) is 2.50. The first-order valence-electron chi connectivity index (χ1n) is 5.12. The predicted octanol–water partition coefficient (Wildman–Crippen LogP) is 1.55. The Hall–Kier alpha value is -2.21. The molecule has 17 heavy (non-hydrogen) atoms. The standard InChI is InChI=1S/C11H12N4O2/c1-8-3-2-4-10(15(16)17)11(8)14-6-5-9(7-12)13-14/h2-6H,7,12H2,1H3. The average molecular weight is 232 g/mol. The molecule has 0 fully saturated rings. The lowest BCUT2D eigenvalue weighted by molar-refractivity contribution is -0.384. The highest BCUT2D eigenvalue weighted by Crippen LogP contribution is 2.25. The molecule has 0 saturated heterocycles. The van der Waals surface area contributed by atoms with E-state index in [2.05, 4.69) is 5.10 Å². The zero-order valence-electron chi connectivity index (χ0n) is 9.33. The quantitative estimate of drug-likeness (QED) is 0.642. The molecule has 0 atom stereocenters. The van der Waals surface area contributed by atoms with Crippen LogP contribution in [0.25, 0.3) is 5.69 Å². The summed E-state index contributed by atoms with van der Waals surface area (Å²) in [5, 5.41) is 15.2. The Morgan fingerprint density at radius 1 is 1.47 bits per heavy atom. The van der Waals surface area contributed by atoms with Crippen LogP contribution in [0.5, 0.6) is 0 Å². The molecule has 0 aliphatic heterocycles. The Balaban J connectivity index is 2.61. The molecule has 0 aliphatic carbocycles. The van der Waals surface area contributed by atoms with Crippen LogP contribution in [0.4, 0.5) is 5.69 Å². The Kier molecular flexibility index (Phi) is 2.88. The van der Waals surface area contributed by atoms with Gasteiger partial charge in [0, 0.05) is 18.8 Å². The van der Waals surface area contributed by atoms with Crippen LogP contribution in [0.3, 0.4) is 0 Å². The molecule has 1 aromatic heterocycles. The van der Waals surface area contributed by atoms with E-state index in [-0.39, 0.29) is 5.69 Å². The number of aromatic nitrogens is 2. The lowest BCUT2D eigenvalue weighted by Gasteiger charge is -2.06. The van der Waals surface area contributed by atoms with Crippen molar-refractivity contribution in [1.82, 2.24) is 9.78 Å². The van der Waals surface area contributed by atoms with Gasteiger partial charge in [-0.15, -0.1) is 0 Å². The summed E-state index contributed by atoms with van der Waals surface area (Å²) >= 11 is 0. The maximum atomic E-state index is 11.0. The number of rotatable bonds is 3. The predicted molar refractivity (Wildman–Crippen MR) is 62.8 cm³/mol. The molecule has 1 heterocycles. The van der Waals surface area contributed by atoms with Crippen molar-refractivity contribution in [2.24, 2.45) is 5.73 Å². The molecule has 0 amide bonds. The van der Waals surface area contributed by atoms with E-state index < -0.39 is 4.92 Å². The molecule has 0 spiro atoms. The molecule has 6 heteroatoms. The first-order chi connectivity index (χ1) is 8.13. The normalized spacial score (nSPS) is 10.5. The third-order valence-corrected chi connectivity index (χ3v) is 2.50. The molecule has 2 rings (SSSR count). The number of nitrogens with zero attached hydrogens (tertiary/aromatic N) is 3. The van der Waals surface area contributed by atoms with Gasteiger partial charge < -0.3 is 5.73 Å². The Morgan fingerprint density at radius 3 is 2.82 bits per heavy atom. The van der Waals surface area contributed by atoms with Crippen molar-refractivity contribution in [1.29, 1.82) is 0 Å². The number of para-hydroxylation sites is 1. The van der Waals surface area contributed by atoms with E-state index in [1.165, 1.54) is 10.7 Å². The van der Waals surface area contributed by atoms with Gasteiger partial charge in [0.1, 0.15) is 5.69 Å². The van der Waals surface area contributed by atoms with Crippen molar-refractivity contribution < 1.29 is 4.92 Å². The lowest BCUT2D eigenvalue weighted by atomic mass is 10.2. The van der Waals surface area contributed by atoms with Gasteiger partial charge in [-0.25, -0.2) is 4.68 Å². The fourth-order valence-corrected chi connectivity index (χ4v) is 1.68. The van der Waals surface area contributed by atoms with Crippen LogP contribution in [0, 0.1) is 17.0 Å². The summed E-state index contributed by atoms with van der Waals surface area (Å²) in [5.41, 5.74) is 7.48. The van der Waals surface area contributed by atoms with E-state index in [9.17, 15) is 10.1 Å².